The van der Waals surface area contributed by atoms with Crippen molar-refractivity contribution in [1.82, 2.24) is 0 Å². The van der Waals surface area contributed by atoms with Crippen LogP contribution < -0.4 is 9.47 Å². The average molecular weight is 360 g/mol. The zero-order valence-corrected chi connectivity index (χ0v) is 16.3. The molecule has 0 spiro atoms. The first-order chi connectivity index (χ1) is 12.0. The van der Waals surface area contributed by atoms with Gasteiger partial charge in [0.2, 0.25) is 5.79 Å². The van der Waals surface area contributed by atoms with Crippen LogP contribution in [0.2, 0.25) is 0 Å². The molecular weight excluding hydrogens is 335 g/mol. The summed E-state index contributed by atoms with van der Waals surface area (Å²) in [6.45, 7) is 11.4. The molecule has 1 fully saturated rings. The van der Waals surface area contributed by atoms with Crippen molar-refractivity contribution in [3.8, 4) is 11.5 Å². The van der Waals surface area contributed by atoms with Crippen molar-refractivity contribution in [2.75, 3.05) is 7.11 Å². The highest BCUT2D eigenvalue weighted by Crippen LogP contribution is 2.41. The summed E-state index contributed by atoms with van der Waals surface area (Å²) in [4.78, 5) is 12.4. The topological polar surface area (TPSA) is 63.2 Å². The van der Waals surface area contributed by atoms with Crippen molar-refractivity contribution in [3.63, 3.8) is 0 Å². The summed E-state index contributed by atoms with van der Waals surface area (Å²) in [5.74, 6) is 1.13. The van der Waals surface area contributed by atoms with Crippen LogP contribution in [0, 0.1) is 0 Å². The van der Waals surface area contributed by atoms with Gasteiger partial charge in [-0.05, 0) is 39.8 Å². The van der Waals surface area contributed by atoms with Crippen LogP contribution in [0.15, 0.2) is 18.1 Å². The minimum atomic E-state index is -1.05. The molecule has 0 unspecified atom stereocenters. The number of rotatable bonds is 3. The minimum Gasteiger partial charge on any atom is -0.496 e. The molecule has 26 heavy (non-hydrogen) atoms. The van der Waals surface area contributed by atoms with Crippen LogP contribution in [0.1, 0.15) is 57.5 Å². The fourth-order valence-corrected chi connectivity index (χ4v) is 2.88. The minimum absolute atomic E-state index is 0.280. The van der Waals surface area contributed by atoms with E-state index in [1.807, 2.05) is 45.8 Å². The Morgan fingerprint density at radius 1 is 1.00 bits per heavy atom. The Hall–Kier alpha value is -1.99. The Kier molecular flexibility index (Phi) is 4.36. The Labute approximate surface area is 154 Å². The molecule has 6 nitrogen and oxygen atoms in total. The lowest BCUT2D eigenvalue weighted by atomic mass is 9.88. The molecule has 1 aromatic rings. The smallest absolute Gasteiger partial charge is 0.487 e. The van der Waals surface area contributed by atoms with Crippen molar-refractivity contribution in [2.24, 2.45) is 0 Å². The fraction of sp³-hybridized carbons (Fsp3) is 0.526. The summed E-state index contributed by atoms with van der Waals surface area (Å²) in [7, 11) is 1.02. The molecule has 0 saturated carbocycles. The lowest BCUT2D eigenvalue weighted by Crippen LogP contribution is -2.41. The second-order valence-electron chi connectivity index (χ2n) is 7.94. The fourth-order valence-electron chi connectivity index (χ4n) is 2.88. The molecule has 1 saturated heterocycles. The maximum absolute atomic E-state index is 12.4. The number of esters is 1. The molecule has 2 aliphatic heterocycles. The molecule has 3 rings (SSSR count). The highest BCUT2D eigenvalue weighted by molar-refractivity contribution is 6.52. The summed E-state index contributed by atoms with van der Waals surface area (Å²) in [6.07, 6.45) is 1.83. The van der Waals surface area contributed by atoms with Gasteiger partial charge in [-0.25, -0.2) is 4.79 Å². The van der Waals surface area contributed by atoms with Gasteiger partial charge in [0.05, 0.1) is 18.3 Å². The number of benzene rings is 1. The quantitative estimate of drug-likeness (QED) is 0.606. The molecule has 0 amide bonds. The van der Waals surface area contributed by atoms with Crippen LogP contribution in [-0.2, 0) is 14.0 Å². The summed E-state index contributed by atoms with van der Waals surface area (Å²) in [6, 6.07) is 3.54. The number of ether oxygens (including phenoxy) is 3. The van der Waals surface area contributed by atoms with E-state index in [4.69, 9.17) is 23.5 Å². The van der Waals surface area contributed by atoms with E-state index in [1.165, 1.54) is 7.11 Å². The van der Waals surface area contributed by atoms with E-state index in [1.54, 1.807) is 19.9 Å². The van der Waals surface area contributed by atoms with Crippen LogP contribution in [0.3, 0.4) is 0 Å². The molecule has 0 radical (unpaired) electrons. The number of carbonyl (C=O) groups excluding carboxylic acids is 1. The predicted molar refractivity (Wildman–Crippen MR) is 98.2 cm³/mol. The second kappa shape index (κ2) is 6.03. The van der Waals surface area contributed by atoms with Gasteiger partial charge in [-0.15, -0.1) is 0 Å². The first kappa shape index (κ1) is 18.8. The Balaban J connectivity index is 1.95. The van der Waals surface area contributed by atoms with Crippen molar-refractivity contribution < 1.29 is 28.3 Å². The summed E-state index contributed by atoms with van der Waals surface area (Å²) >= 11 is 0. The van der Waals surface area contributed by atoms with Crippen molar-refractivity contribution in [2.45, 2.75) is 58.5 Å². The molecular formula is C19H25BO6. The van der Waals surface area contributed by atoms with Gasteiger partial charge in [0.25, 0.3) is 0 Å². The third kappa shape index (κ3) is 3.21. The van der Waals surface area contributed by atoms with Gasteiger partial charge in [0.15, 0.2) is 0 Å². The number of hydrogen-bond acceptors (Lipinski definition) is 6. The number of carbonyl (C=O) groups is 1. The van der Waals surface area contributed by atoms with E-state index in [0.717, 1.165) is 5.56 Å². The van der Waals surface area contributed by atoms with E-state index in [9.17, 15) is 4.79 Å². The van der Waals surface area contributed by atoms with Crippen LogP contribution in [0.5, 0.6) is 11.5 Å². The Morgan fingerprint density at radius 3 is 2.19 bits per heavy atom. The highest BCUT2D eigenvalue weighted by Gasteiger charge is 2.50. The largest absolute Gasteiger partial charge is 0.496 e. The number of cyclic esters (lactones) is 1. The van der Waals surface area contributed by atoms with Gasteiger partial charge >= 0.3 is 13.1 Å². The molecule has 1 aromatic carbocycles. The van der Waals surface area contributed by atoms with Crippen LogP contribution in [0.4, 0.5) is 0 Å². The lowest BCUT2D eigenvalue weighted by molar-refractivity contribution is -0.127. The van der Waals surface area contributed by atoms with Crippen molar-refractivity contribution in [1.29, 1.82) is 0 Å². The van der Waals surface area contributed by atoms with E-state index in [2.05, 4.69) is 0 Å². The lowest BCUT2D eigenvalue weighted by Gasteiger charge is -2.33. The van der Waals surface area contributed by atoms with E-state index < -0.39 is 30.1 Å². The van der Waals surface area contributed by atoms with Crippen molar-refractivity contribution in [3.05, 3.63) is 29.2 Å². The number of fused-ring (bicyclic) bond motifs is 1. The molecule has 7 heteroatoms. The van der Waals surface area contributed by atoms with Gasteiger partial charge in [-0.2, -0.15) is 0 Å². The third-order valence-corrected chi connectivity index (χ3v) is 4.96. The van der Waals surface area contributed by atoms with Crippen LogP contribution >= 0.6 is 0 Å². The van der Waals surface area contributed by atoms with Gasteiger partial charge < -0.3 is 23.5 Å². The monoisotopic (exact) mass is 360 g/mol. The number of methoxy groups -OCH3 is 1. The summed E-state index contributed by atoms with van der Waals surface area (Å²) in [5.41, 5.74) is 0.177. The van der Waals surface area contributed by atoms with Gasteiger partial charge in [-0.1, -0.05) is 12.1 Å². The zero-order valence-electron chi connectivity index (χ0n) is 16.3. The zero-order chi connectivity index (χ0) is 19.3. The molecule has 0 atom stereocenters. The normalized spacial score (nSPS) is 22.7. The van der Waals surface area contributed by atoms with Crippen LogP contribution in [0.25, 0.3) is 6.08 Å². The molecule has 140 valence electrons. The van der Waals surface area contributed by atoms with Gasteiger partial charge in [-0.3, -0.25) is 0 Å². The average Bonchev–Trinajstić information content (AvgIpc) is 2.71. The first-order valence-electron chi connectivity index (χ1n) is 8.63. The molecule has 0 N–H and O–H groups in total. The third-order valence-electron chi connectivity index (χ3n) is 4.96. The van der Waals surface area contributed by atoms with Crippen LogP contribution in [-0.4, -0.2) is 37.2 Å². The maximum atomic E-state index is 12.4. The second-order valence-corrected chi connectivity index (χ2v) is 7.94. The summed E-state index contributed by atoms with van der Waals surface area (Å²) < 4.78 is 28.4. The predicted octanol–water partition coefficient (Wildman–Crippen LogP) is 3.63. The summed E-state index contributed by atoms with van der Waals surface area (Å²) in [5, 5.41) is 0. The van der Waals surface area contributed by atoms with Gasteiger partial charge in [0, 0.05) is 19.4 Å². The van der Waals surface area contributed by atoms with E-state index in [0.29, 0.717) is 11.5 Å². The molecule has 0 bridgehead atoms. The maximum Gasteiger partial charge on any atom is 0.487 e. The molecule has 0 aromatic heterocycles. The van der Waals surface area contributed by atoms with Crippen molar-refractivity contribution >= 4 is 19.2 Å². The van der Waals surface area contributed by atoms with E-state index >= 15 is 0 Å². The Bertz CT molecular complexity index is 750. The standard InChI is InChI=1S/C19H25BO6/c1-17(2)18(3,4)26-20(25-17)11-10-12-8-9-13(22-7)14-15(12)23-19(5,6)24-16(14)21/h8-11H,1-7H3/b11-10-. The molecule has 2 heterocycles. The molecule has 2 aliphatic rings. The van der Waals surface area contributed by atoms with Gasteiger partial charge in [0.1, 0.15) is 17.1 Å². The highest BCUT2D eigenvalue weighted by atomic mass is 16.7. The first-order valence-corrected chi connectivity index (χ1v) is 8.63. The number of hydrogen-bond donors (Lipinski definition) is 0. The Morgan fingerprint density at radius 2 is 1.62 bits per heavy atom. The molecule has 0 aliphatic carbocycles. The van der Waals surface area contributed by atoms with E-state index in [-0.39, 0.29) is 5.56 Å². The SMILES string of the molecule is COc1ccc(/C=C\B2OC(C)(C)C(C)(C)O2)c2c1C(=O)OC(C)(C)O2.